The Morgan fingerprint density at radius 3 is 2.81 bits per heavy atom. The van der Waals surface area contributed by atoms with Crippen LogP contribution in [0.1, 0.15) is 39.5 Å². The molecule has 1 N–H and O–H groups in total. The molecular formula is C13H26N2O. The molecule has 0 radical (unpaired) electrons. The summed E-state index contributed by atoms with van der Waals surface area (Å²) in [6.45, 7) is 10.2. The Bertz CT molecular complexity index is 214. The molecule has 3 heteroatoms. The second kappa shape index (κ2) is 5.48. The lowest BCUT2D eigenvalue weighted by Crippen LogP contribution is -2.49. The van der Waals surface area contributed by atoms with Gasteiger partial charge in [0.1, 0.15) is 0 Å². The van der Waals surface area contributed by atoms with Crippen LogP contribution in [0, 0.1) is 0 Å². The molecule has 0 aromatic heterocycles. The molecule has 1 atom stereocenters. The van der Waals surface area contributed by atoms with E-state index >= 15 is 0 Å². The third-order valence-corrected chi connectivity index (χ3v) is 4.20. The lowest BCUT2D eigenvalue weighted by molar-refractivity contribution is -0.00966. The zero-order valence-corrected chi connectivity index (χ0v) is 10.8. The van der Waals surface area contributed by atoms with E-state index in [1.54, 1.807) is 0 Å². The summed E-state index contributed by atoms with van der Waals surface area (Å²) in [5, 5.41) is 3.64. The van der Waals surface area contributed by atoms with E-state index in [2.05, 4.69) is 24.1 Å². The molecule has 2 fully saturated rings. The summed E-state index contributed by atoms with van der Waals surface area (Å²) in [4.78, 5) is 2.68. The van der Waals surface area contributed by atoms with E-state index in [9.17, 15) is 0 Å². The van der Waals surface area contributed by atoms with Gasteiger partial charge in [0.15, 0.2) is 0 Å². The van der Waals surface area contributed by atoms with Crippen LogP contribution in [0.3, 0.4) is 0 Å². The Kier molecular flexibility index (Phi) is 4.22. The van der Waals surface area contributed by atoms with Gasteiger partial charge in [-0.25, -0.2) is 0 Å². The molecule has 2 aliphatic heterocycles. The number of ether oxygens (including phenoxy) is 1. The Morgan fingerprint density at radius 1 is 1.38 bits per heavy atom. The van der Waals surface area contributed by atoms with E-state index in [1.807, 2.05) is 0 Å². The molecular weight excluding hydrogens is 200 g/mol. The standard InChI is InChI=1S/C13H26N2O/c1-3-7-14-12-4-8-15(11-12)13(2)5-9-16-10-6-13/h12,14H,3-11H2,1-2H3. The fourth-order valence-corrected chi connectivity index (χ4v) is 2.89. The van der Waals surface area contributed by atoms with Crippen molar-refractivity contribution in [1.82, 2.24) is 10.2 Å². The van der Waals surface area contributed by atoms with Crippen molar-refractivity contribution in [3.63, 3.8) is 0 Å². The van der Waals surface area contributed by atoms with Gasteiger partial charge >= 0.3 is 0 Å². The van der Waals surface area contributed by atoms with Gasteiger partial charge in [-0.15, -0.1) is 0 Å². The van der Waals surface area contributed by atoms with Crippen molar-refractivity contribution < 1.29 is 4.74 Å². The number of hydrogen-bond donors (Lipinski definition) is 1. The molecule has 2 heterocycles. The minimum Gasteiger partial charge on any atom is -0.381 e. The molecule has 2 saturated heterocycles. The topological polar surface area (TPSA) is 24.5 Å². The number of hydrogen-bond acceptors (Lipinski definition) is 3. The first-order valence-electron chi connectivity index (χ1n) is 6.81. The average molecular weight is 226 g/mol. The molecule has 2 aliphatic rings. The van der Waals surface area contributed by atoms with Crippen LogP contribution in [-0.4, -0.2) is 49.3 Å². The number of rotatable bonds is 4. The predicted molar refractivity (Wildman–Crippen MR) is 66.7 cm³/mol. The van der Waals surface area contributed by atoms with Gasteiger partial charge in [-0.2, -0.15) is 0 Å². The third-order valence-electron chi connectivity index (χ3n) is 4.20. The van der Waals surface area contributed by atoms with Gasteiger partial charge in [0.05, 0.1) is 0 Å². The molecule has 16 heavy (non-hydrogen) atoms. The molecule has 0 aromatic carbocycles. The van der Waals surface area contributed by atoms with Crippen LogP contribution in [-0.2, 0) is 4.74 Å². The van der Waals surface area contributed by atoms with E-state index in [-0.39, 0.29) is 0 Å². The van der Waals surface area contributed by atoms with Crippen LogP contribution in [0.4, 0.5) is 0 Å². The highest BCUT2D eigenvalue weighted by Crippen LogP contribution is 2.30. The van der Waals surface area contributed by atoms with Gasteiger partial charge in [0, 0.05) is 37.9 Å². The molecule has 0 amide bonds. The van der Waals surface area contributed by atoms with Gasteiger partial charge in [-0.3, -0.25) is 4.90 Å². The molecule has 0 spiro atoms. The smallest absolute Gasteiger partial charge is 0.0483 e. The maximum absolute atomic E-state index is 5.47. The first kappa shape index (κ1) is 12.3. The molecule has 0 saturated carbocycles. The van der Waals surface area contributed by atoms with Crippen molar-refractivity contribution in [1.29, 1.82) is 0 Å². The first-order valence-corrected chi connectivity index (χ1v) is 6.81. The summed E-state index contributed by atoms with van der Waals surface area (Å²) in [7, 11) is 0. The Hall–Kier alpha value is -0.120. The fourth-order valence-electron chi connectivity index (χ4n) is 2.89. The maximum Gasteiger partial charge on any atom is 0.0483 e. The summed E-state index contributed by atoms with van der Waals surface area (Å²) >= 11 is 0. The molecule has 3 nitrogen and oxygen atoms in total. The van der Waals surface area contributed by atoms with Crippen LogP contribution in [0.25, 0.3) is 0 Å². The number of nitrogens with zero attached hydrogens (tertiary/aromatic N) is 1. The zero-order valence-electron chi connectivity index (χ0n) is 10.8. The van der Waals surface area contributed by atoms with E-state index in [0.717, 1.165) is 19.3 Å². The SMILES string of the molecule is CCCNC1CCN(C2(C)CCOCC2)C1. The van der Waals surface area contributed by atoms with Gasteiger partial charge in [-0.05, 0) is 39.2 Å². The van der Waals surface area contributed by atoms with Crippen LogP contribution < -0.4 is 5.32 Å². The van der Waals surface area contributed by atoms with Crippen molar-refractivity contribution in [3.05, 3.63) is 0 Å². The monoisotopic (exact) mass is 226 g/mol. The van der Waals surface area contributed by atoms with Crippen LogP contribution >= 0.6 is 0 Å². The Balaban J connectivity index is 1.82. The van der Waals surface area contributed by atoms with E-state index in [0.29, 0.717) is 5.54 Å². The van der Waals surface area contributed by atoms with Gasteiger partial charge in [-0.1, -0.05) is 6.92 Å². The second-order valence-electron chi connectivity index (χ2n) is 5.50. The molecule has 1 unspecified atom stereocenters. The van der Waals surface area contributed by atoms with Crippen molar-refractivity contribution in [3.8, 4) is 0 Å². The second-order valence-corrected chi connectivity index (χ2v) is 5.50. The highest BCUT2D eigenvalue weighted by atomic mass is 16.5. The number of nitrogens with one attached hydrogen (secondary N) is 1. The molecule has 2 rings (SSSR count). The van der Waals surface area contributed by atoms with Gasteiger partial charge in [0.25, 0.3) is 0 Å². The minimum atomic E-state index is 0.404. The van der Waals surface area contributed by atoms with Crippen molar-refractivity contribution in [2.24, 2.45) is 0 Å². The fraction of sp³-hybridized carbons (Fsp3) is 1.00. The zero-order chi connectivity index (χ0) is 11.4. The molecule has 94 valence electrons. The summed E-state index contributed by atoms with van der Waals surface area (Å²) < 4.78 is 5.47. The van der Waals surface area contributed by atoms with Crippen LogP contribution in [0.15, 0.2) is 0 Å². The highest BCUT2D eigenvalue weighted by molar-refractivity contribution is 4.94. The quantitative estimate of drug-likeness (QED) is 0.788. The normalized spacial score (nSPS) is 30.8. The largest absolute Gasteiger partial charge is 0.381 e. The van der Waals surface area contributed by atoms with Crippen LogP contribution in [0.2, 0.25) is 0 Å². The highest BCUT2D eigenvalue weighted by Gasteiger charge is 2.37. The van der Waals surface area contributed by atoms with E-state index < -0.39 is 0 Å². The van der Waals surface area contributed by atoms with E-state index in [1.165, 1.54) is 45.3 Å². The summed E-state index contributed by atoms with van der Waals surface area (Å²) in [6.07, 6.45) is 4.96. The van der Waals surface area contributed by atoms with Gasteiger partial charge in [0.2, 0.25) is 0 Å². The lowest BCUT2D eigenvalue weighted by atomic mass is 9.91. The summed E-state index contributed by atoms with van der Waals surface area (Å²) in [6, 6.07) is 0.722. The molecule has 0 aromatic rings. The maximum atomic E-state index is 5.47. The van der Waals surface area contributed by atoms with Crippen molar-refractivity contribution >= 4 is 0 Å². The first-order chi connectivity index (χ1) is 7.74. The van der Waals surface area contributed by atoms with E-state index in [4.69, 9.17) is 4.74 Å². The van der Waals surface area contributed by atoms with Crippen molar-refractivity contribution in [2.75, 3.05) is 32.8 Å². The predicted octanol–water partition coefficient (Wildman–Crippen LogP) is 1.63. The van der Waals surface area contributed by atoms with Gasteiger partial charge < -0.3 is 10.1 Å². The summed E-state index contributed by atoms with van der Waals surface area (Å²) in [5.41, 5.74) is 0.404. The lowest BCUT2D eigenvalue weighted by Gasteiger charge is -2.41. The average Bonchev–Trinajstić information content (AvgIpc) is 2.77. The van der Waals surface area contributed by atoms with Crippen LogP contribution in [0.5, 0.6) is 0 Å². The van der Waals surface area contributed by atoms with Crippen molar-refractivity contribution in [2.45, 2.75) is 51.1 Å². The number of likely N-dealkylation sites (tertiary alicyclic amines) is 1. The third kappa shape index (κ3) is 2.76. The Morgan fingerprint density at radius 2 is 2.12 bits per heavy atom. The summed E-state index contributed by atoms with van der Waals surface area (Å²) in [5.74, 6) is 0. The minimum absolute atomic E-state index is 0.404. The Labute approximate surface area is 99.5 Å². The molecule has 0 bridgehead atoms. The molecule has 0 aliphatic carbocycles.